The van der Waals surface area contributed by atoms with Gasteiger partial charge in [-0.05, 0) is 30.0 Å². The van der Waals surface area contributed by atoms with E-state index in [2.05, 4.69) is 34.1 Å². The number of hydrogen-bond donors (Lipinski definition) is 1. The average molecular weight is 335 g/mol. The molecule has 0 radical (unpaired) electrons. The Balaban J connectivity index is 2.26. The van der Waals surface area contributed by atoms with Crippen molar-refractivity contribution < 1.29 is 4.52 Å². The molecule has 0 spiro atoms. The lowest BCUT2D eigenvalue weighted by Gasteiger charge is -2.04. The fourth-order valence-corrected chi connectivity index (χ4v) is 3.39. The van der Waals surface area contributed by atoms with E-state index in [1.165, 1.54) is 5.56 Å². The molecule has 3 aromatic rings. The van der Waals surface area contributed by atoms with Crippen molar-refractivity contribution in [1.82, 2.24) is 5.16 Å². The summed E-state index contributed by atoms with van der Waals surface area (Å²) in [6.45, 7) is 2.06. The van der Waals surface area contributed by atoms with E-state index in [0.717, 1.165) is 26.2 Å². The van der Waals surface area contributed by atoms with E-state index in [0.29, 0.717) is 5.88 Å². The molecule has 0 unspecified atom stereocenters. The van der Waals surface area contributed by atoms with E-state index < -0.39 is 0 Å². The first-order chi connectivity index (χ1) is 9.18. The number of anilines is 1. The Morgan fingerprint density at radius 3 is 2.74 bits per heavy atom. The summed E-state index contributed by atoms with van der Waals surface area (Å²) in [7, 11) is 0. The van der Waals surface area contributed by atoms with Gasteiger partial charge in [-0.1, -0.05) is 39.3 Å². The number of thiophene rings is 1. The van der Waals surface area contributed by atoms with Crippen LogP contribution in [0.25, 0.3) is 21.7 Å². The number of nitrogens with zero attached hydrogens (tertiary/aromatic N) is 1. The quantitative estimate of drug-likeness (QED) is 0.737. The van der Waals surface area contributed by atoms with Crippen molar-refractivity contribution in [1.29, 1.82) is 0 Å². The van der Waals surface area contributed by atoms with Crippen LogP contribution in [0.4, 0.5) is 5.88 Å². The maximum Gasteiger partial charge on any atom is 0.230 e. The topological polar surface area (TPSA) is 52.0 Å². The van der Waals surface area contributed by atoms with Crippen molar-refractivity contribution in [2.24, 2.45) is 0 Å². The van der Waals surface area contributed by atoms with Gasteiger partial charge in [-0.3, -0.25) is 0 Å². The van der Waals surface area contributed by atoms with Gasteiger partial charge < -0.3 is 10.3 Å². The summed E-state index contributed by atoms with van der Waals surface area (Å²) in [6, 6.07) is 9.98. The Morgan fingerprint density at radius 1 is 1.26 bits per heavy atom. The lowest BCUT2D eigenvalue weighted by atomic mass is 10.0. The van der Waals surface area contributed by atoms with Gasteiger partial charge in [0.25, 0.3) is 0 Å². The molecule has 0 aliphatic carbocycles. The number of aromatic nitrogens is 1. The number of aryl methyl sites for hydroxylation is 1. The highest BCUT2D eigenvalue weighted by molar-refractivity contribution is 9.10. The Bertz CT molecular complexity index is 733. The number of rotatable bonds is 2. The third kappa shape index (κ3) is 2.09. The smallest absolute Gasteiger partial charge is 0.230 e. The van der Waals surface area contributed by atoms with Crippen molar-refractivity contribution in [2.75, 3.05) is 5.73 Å². The molecular weight excluding hydrogens is 324 g/mol. The van der Waals surface area contributed by atoms with Crippen LogP contribution in [0.1, 0.15) is 5.56 Å². The van der Waals surface area contributed by atoms with Gasteiger partial charge in [0, 0.05) is 10.0 Å². The van der Waals surface area contributed by atoms with Gasteiger partial charge in [-0.2, -0.15) is 0 Å². The minimum Gasteiger partial charge on any atom is -0.367 e. The first-order valence-corrected chi connectivity index (χ1v) is 7.40. The van der Waals surface area contributed by atoms with Crippen LogP contribution in [0, 0.1) is 6.92 Å². The number of hydrogen-bond acceptors (Lipinski definition) is 4. The predicted molar refractivity (Wildman–Crippen MR) is 82.1 cm³/mol. The molecule has 2 aromatic heterocycles. The molecule has 0 aliphatic heterocycles. The summed E-state index contributed by atoms with van der Waals surface area (Å²) >= 11 is 5.18. The molecule has 2 heterocycles. The van der Waals surface area contributed by atoms with Crippen LogP contribution in [0.3, 0.4) is 0 Å². The monoisotopic (exact) mass is 334 g/mol. The third-order valence-electron chi connectivity index (χ3n) is 2.94. The normalized spacial score (nSPS) is 10.8. The second-order valence-electron chi connectivity index (χ2n) is 4.18. The molecule has 0 fully saturated rings. The maximum absolute atomic E-state index is 5.95. The van der Waals surface area contributed by atoms with Gasteiger partial charge in [-0.15, -0.1) is 11.3 Å². The highest BCUT2D eigenvalue weighted by Crippen LogP contribution is 2.42. The highest BCUT2D eigenvalue weighted by atomic mass is 79.9. The van der Waals surface area contributed by atoms with Gasteiger partial charge in [-0.25, -0.2) is 0 Å². The summed E-state index contributed by atoms with van der Waals surface area (Å²) < 4.78 is 6.17. The van der Waals surface area contributed by atoms with Crippen LogP contribution in [0.2, 0.25) is 0 Å². The molecule has 0 saturated heterocycles. The summed E-state index contributed by atoms with van der Waals surface area (Å²) in [6.07, 6.45) is 0. The number of halogens is 1. The third-order valence-corrected chi connectivity index (χ3v) is 4.65. The Morgan fingerprint density at radius 2 is 2.05 bits per heavy atom. The Hall–Kier alpha value is -1.59. The molecule has 0 saturated carbocycles. The molecule has 96 valence electrons. The van der Waals surface area contributed by atoms with Crippen LogP contribution in [-0.4, -0.2) is 5.16 Å². The zero-order valence-electron chi connectivity index (χ0n) is 10.2. The number of benzene rings is 1. The second-order valence-corrected chi connectivity index (χ2v) is 5.95. The molecule has 3 rings (SSSR count). The van der Waals surface area contributed by atoms with Gasteiger partial charge >= 0.3 is 0 Å². The first kappa shape index (κ1) is 12.4. The van der Waals surface area contributed by atoms with Crippen LogP contribution in [0.15, 0.2) is 44.7 Å². The lowest BCUT2D eigenvalue weighted by molar-refractivity contribution is 0.439. The molecule has 0 atom stereocenters. The Labute approximate surface area is 123 Å². The average Bonchev–Trinajstić information content (AvgIpc) is 2.96. The fourth-order valence-electron chi connectivity index (χ4n) is 2.00. The van der Waals surface area contributed by atoms with E-state index in [-0.39, 0.29) is 0 Å². The zero-order chi connectivity index (χ0) is 13.4. The van der Waals surface area contributed by atoms with Gasteiger partial charge in [0.1, 0.15) is 5.69 Å². The fraction of sp³-hybridized carbons (Fsp3) is 0.0714. The van der Waals surface area contributed by atoms with Crippen LogP contribution < -0.4 is 5.73 Å². The van der Waals surface area contributed by atoms with E-state index >= 15 is 0 Å². The van der Waals surface area contributed by atoms with Crippen molar-refractivity contribution in [3.05, 3.63) is 45.7 Å². The highest BCUT2D eigenvalue weighted by Gasteiger charge is 2.20. The molecule has 5 heteroatoms. The summed E-state index contributed by atoms with van der Waals surface area (Å²) in [5.41, 5.74) is 9.76. The molecule has 0 amide bonds. The molecule has 3 nitrogen and oxygen atoms in total. The van der Waals surface area contributed by atoms with E-state index in [4.69, 9.17) is 10.3 Å². The second kappa shape index (κ2) is 4.83. The summed E-state index contributed by atoms with van der Waals surface area (Å²) in [5.74, 6) is 0.342. The predicted octanol–water partition coefficient (Wildman–Crippen LogP) is 4.72. The minimum atomic E-state index is 0.342. The molecular formula is C14H11BrN2OS. The Kier molecular flexibility index (Phi) is 3.16. The molecule has 1 aromatic carbocycles. The molecule has 0 aliphatic rings. The maximum atomic E-state index is 5.95. The molecule has 0 bridgehead atoms. The first-order valence-electron chi connectivity index (χ1n) is 5.73. The van der Waals surface area contributed by atoms with Crippen molar-refractivity contribution >= 4 is 33.2 Å². The number of nitrogen functional groups attached to an aromatic ring is 1. The molecule has 2 N–H and O–H groups in total. The lowest BCUT2D eigenvalue weighted by Crippen LogP contribution is -1.88. The van der Waals surface area contributed by atoms with Gasteiger partial charge in [0.2, 0.25) is 5.88 Å². The van der Waals surface area contributed by atoms with Gasteiger partial charge in [0.15, 0.2) is 0 Å². The van der Waals surface area contributed by atoms with E-state index in [1.54, 1.807) is 11.3 Å². The largest absolute Gasteiger partial charge is 0.367 e. The van der Waals surface area contributed by atoms with Crippen LogP contribution >= 0.6 is 27.3 Å². The number of nitrogens with two attached hydrogens (primary N) is 1. The van der Waals surface area contributed by atoms with Crippen molar-refractivity contribution in [3.63, 3.8) is 0 Å². The minimum absolute atomic E-state index is 0.342. The summed E-state index contributed by atoms with van der Waals surface area (Å²) in [4.78, 5) is 1.09. The van der Waals surface area contributed by atoms with E-state index in [1.807, 2.05) is 29.6 Å². The van der Waals surface area contributed by atoms with Crippen molar-refractivity contribution in [3.8, 4) is 21.7 Å². The standard InChI is InChI=1S/C14H11BrN2OS/c1-8-6-7-19-13(8)12-11(14(16)18-17-12)9-4-2-3-5-10(9)15/h2-7H,16H2,1H3. The van der Waals surface area contributed by atoms with Crippen LogP contribution in [-0.2, 0) is 0 Å². The molecule has 19 heavy (non-hydrogen) atoms. The summed E-state index contributed by atoms with van der Waals surface area (Å²) in [5, 5.41) is 6.17. The zero-order valence-corrected chi connectivity index (χ0v) is 12.6. The SMILES string of the molecule is Cc1ccsc1-c1noc(N)c1-c1ccccc1Br. The van der Waals surface area contributed by atoms with Gasteiger partial charge in [0.05, 0.1) is 10.4 Å². The van der Waals surface area contributed by atoms with E-state index in [9.17, 15) is 0 Å². The van der Waals surface area contributed by atoms with Crippen molar-refractivity contribution in [2.45, 2.75) is 6.92 Å². The van der Waals surface area contributed by atoms with Crippen LogP contribution in [0.5, 0.6) is 0 Å².